The smallest absolute Gasteiger partial charge is 0.244 e. The summed E-state index contributed by atoms with van der Waals surface area (Å²) in [6, 6.07) is -0.499. The third kappa shape index (κ3) is 2.90. The lowest BCUT2D eigenvalue weighted by molar-refractivity contribution is -0.151. The van der Waals surface area contributed by atoms with Gasteiger partial charge in [-0.3, -0.25) is 9.59 Å². The van der Waals surface area contributed by atoms with E-state index in [2.05, 4.69) is 5.32 Å². The minimum absolute atomic E-state index is 0.0252. The highest BCUT2D eigenvalue weighted by atomic mass is 16.5. The van der Waals surface area contributed by atoms with Crippen molar-refractivity contribution in [2.45, 2.75) is 31.7 Å². The van der Waals surface area contributed by atoms with Crippen LogP contribution in [0.25, 0.3) is 0 Å². The molecule has 0 aromatic heterocycles. The second kappa shape index (κ2) is 5.88. The van der Waals surface area contributed by atoms with Crippen molar-refractivity contribution >= 4 is 11.8 Å². The van der Waals surface area contributed by atoms with Gasteiger partial charge in [0.05, 0.1) is 13.2 Å². The van der Waals surface area contributed by atoms with Gasteiger partial charge >= 0.3 is 0 Å². The molecule has 1 saturated carbocycles. The average Bonchev–Trinajstić information content (AvgIpc) is 2.41. The Hall–Kier alpha value is -1.14. The lowest BCUT2D eigenvalue weighted by Crippen LogP contribution is -2.56. The molecule has 1 aliphatic heterocycles. The van der Waals surface area contributed by atoms with Crippen molar-refractivity contribution in [1.82, 2.24) is 10.2 Å². The molecule has 6 heteroatoms. The molecule has 19 heavy (non-hydrogen) atoms. The minimum atomic E-state index is -0.499. The van der Waals surface area contributed by atoms with Crippen molar-refractivity contribution < 1.29 is 14.3 Å². The number of nitrogens with two attached hydrogens (primary N) is 1. The van der Waals surface area contributed by atoms with Crippen LogP contribution in [-0.4, -0.2) is 56.1 Å². The average molecular weight is 269 g/mol. The number of amides is 2. The van der Waals surface area contributed by atoms with Gasteiger partial charge in [-0.25, -0.2) is 0 Å². The van der Waals surface area contributed by atoms with Gasteiger partial charge in [-0.15, -0.1) is 0 Å². The Labute approximate surface area is 113 Å². The van der Waals surface area contributed by atoms with Gasteiger partial charge < -0.3 is 20.7 Å². The van der Waals surface area contributed by atoms with Crippen molar-refractivity contribution in [3.63, 3.8) is 0 Å². The lowest BCUT2D eigenvalue weighted by atomic mass is 9.66. The first kappa shape index (κ1) is 14.3. The normalized spacial score (nSPS) is 25.6. The summed E-state index contributed by atoms with van der Waals surface area (Å²) < 4.78 is 5.30. The predicted molar refractivity (Wildman–Crippen MR) is 70.3 cm³/mol. The summed E-state index contributed by atoms with van der Waals surface area (Å²) in [7, 11) is 1.58. The fourth-order valence-corrected chi connectivity index (χ4v) is 2.84. The Balaban J connectivity index is 2.01. The fraction of sp³-hybridized carbons (Fsp3) is 0.846. The fourth-order valence-electron chi connectivity index (χ4n) is 2.84. The molecule has 1 aliphatic carbocycles. The highest BCUT2D eigenvalue weighted by molar-refractivity contribution is 5.88. The highest BCUT2D eigenvalue weighted by Gasteiger charge is 2.41. The molecule has 2 rings (SSSR count). The number of nitrogens with one attached hydrogen (secondary N) is 1. The molecule has 1 saturated heterocycles. The standard InChI is InChI=1S/C13H23N3O3/c1-15-12(18)10-8-19-6-5-16(10)11(17)7-13(9-14)3-2-4-13/h10H,2-9,14H2,1H3,(H,15,18). The zero-order valence-electron chi connectivity index (χ0n) is 11.5. The van der Waals surface area contributed by atoms with Crippen LogP contribution in [0.5, 0.6) is 0 Å². The highest BCUT2D eigenvalue weighted by Crippen LogP contribution is 2.43. The first-order valence-corrected chi connectivity index (χ1v) is 6.91. The summed E-state index contributed by atoms with van der Waals surface area (Å²) in [5.41, 5.74) is 5.77. The second-order valence-electron chi connectivity index (χ2n) is 5.53. The van der Waals surface area contributed by atoms with Crippen LogP contribution in [0.1, 0.15) is 25.7 Å². The summed E-state index contributed by atoms with van der Waals surface area (Å²) in [5.74, 6) is -0.134. The van der Waals surface area contributed by atoms with E-state index in [1.165, 1.54) is 0 Å². The van der Waals surface area contributed by atoms with Gasteiger partial charge in [0, 0.05) is 20.0 Å². The Morgan fingerprint density at radius 1 is 1.47 bits per heavy atom. The monoisotopic (exact) mass is 269 g/mol. The second-order valence-corrected chi connectivity index (χ2v) is 5.53. The van der Waals surface area contributed by atoms with Crippen LogP contribution in [-0.2, 0) is 14.3 Å². The van der Waals surface area contributed by atoms with Crippen LogP contribution in [0.4, 0.5) is 0 Å². The maximum atomic E-state index is 12.4. The van der Waals surface area contributed by atoms with Crippen LogP contribution in [0.15, 0.2) is 0 Å². The summed E-state index contributed by atoms with van der Waals surface area (Å²) in [6.07, 6.45) is 3.64. The number of ether oxygens (including phenoxy) is 1. The number of likely N-dealkylation sites (N-methyl/N-ethyl adjacent to an activating group) is 1. The number of hydrogen-bond acceptors (Lipinski definition) is 4. The van der Waals surface area contributed by atoms with Crippen LogP contribution in [0.3, 0.4) is 0 Å². The Morgan fingerprint density at radius 2 is 2.21 bits per heavy atom. The molecule has 3 N–H and O–H groups in total. The van der Waals surface area contributed by atoms with Crippen molar-refractivity contribution in [3.8, 4) is 0 Å². The number of carbonyl (C=O) groups is 2. The lowest BCUT2D eigenvalue weighted by Gasteiger charge is -2.43. The van der Waals surface area contributed by atoms with E-state index >= 15 is 0 Å². The number of morpholine rings is 1. The molecule has 0 spiro atoms. The maximum Gasteiger partial charge on any atom is 0.244 e. The summed E-state index contributed by atoms with van der Waals surface area (Å²) in [4.78, 5) is 25.9. The van der Waals surface area contributed by atoms with Gasteiger partial charge in [-0.2, -0.15) is 0 Å². The van der Waals surface area contributed by atoms with Crippen molar-refractivity contribution in [2.24, 2.45) is 11.1 Å². The van der Waals surface area contributed by atoms with E-state index in [4.69, 9.17) is 10.5 Å². The molecule has 2 fully saturated rings. The molecular formula is C13H23N3O3. The molecule has 2 aliphatic rings. The first-order valence-electron chi connectivity index (χ1n) is 6.91. The summed E-state index contributed by atoms with van der Waals surface area (Å²) in [5, 5.41) is 2.59. The van der Waals surface area contributed by atoms with E-state index in [9.17, 15) is 9.59 Å². The topological polar surface area (TPSA) is 84.7 Å². The zero-order chi connectivity index (χ0) is 13.9. The molecule has 108 valence electrons. The van der Waals surface area contributed by atoms with Gasteiger partial charge in [0.1, 0.15) is 6.04 Å². The van der Waals surface area contributed by atoms with E-state index in [0.29, 0.717) is 26.1 Å². The van der Waals surface area contributed by atoms with Gasteiger partial charge in [-0.1, -0.05) is 6.42 Å². The molecular weight excluding hydrogens is 246 g/mol. The molecule has 0 aromatic rings. The number of carbonyl (C=O) groups excluding carboxylic acids is 2. The van der Waals surface area contributed by atoms with Crippen LogP contribution >= 0.6 is 0 Å². The largest absolute Gasteiger partial charge is 0.377 e. The minimum Gasteiger partial charge on any atom is -0.377 e. The van der Waals surface area contributed by atoms with E-state index in [1.54, 1.807) is 11.9 Å². The molecule has 1 heterocycles. The molecule has 2 amide bonds. The third-order valence-electron chi connectivity index (χ3n) is 4.37. The van der Waals surface area contributed by atoms with Gasteiger partial charge in [-0.05, 0) is 24.8 Å². The predicted octanol–water partition coefficient (Wildman–Crippen LogP) is -0.521. The van der Waals surface area contributed by atoms with Crippen molar-refractivity contribution in [2.75, 3.05) is 33.4 Å². The van der Waals surface area contributed by atoms with Crippen LogP contribution in [0.2, 0.25) is 0 Å². The van der Waals surface area contributed by atoms with Crippen LogP contribution in [0, 0.1) is 5.41 Å². The zero-order valence-corrected chi connectivity index (χ0v) is 11.5. The number of rotatable bonds is 4. The van der Waals surface area contributed by atoms with E-state index in [1.807, 2.05) is 0 Å². The first-order chi connectivity index (χ1) is 9.12. The molecule has 1 unspecified atom stereocenters. The van der Waals surface area contributed by atoms with E-state index < -0.39 is 6.04 Å². The Morgan fingerprint density at radius 3 is 2.74 bits per heavy atom. The van der Waals surface area contributed by atoms with Crippen LogP contribution < -0.4 is 11.1 Å². The molecule has 1 atom stereocenters. The van der Waals surface area contributed by atoms with Gasteiger partial charge in [0.15, 0.2) is 0 Å². The summed E-state index contributed by atoms with van der Waals surface area (Å²) >= 11 is 0. The quantitative estimate of drug-likeness (QED) is 0.719. The third-order valence-corrected chi connectivity index (χ3v) is 4.37. The Bertz CT molecular complexity index is 350. The molecule has 0 radical (unpaired) electrons. The molecule has 0 bridgehead atoms. The van der Waals surface area contributed by atoms with Crippen molar-refractivity contribution in [3.05, 3.63) is 0 Å². The van der Waals surface area contributed by atoms with E-state index in [0.717, 1.165) is 19.3 Å². The Kier molecular flexibility index (Phi) is 4.42. The number of nitrogens with zero attached hydrogens (tertiary/aromatic N) is 1. The van der Waals surface area contributed by atoms with Gasteiger partial charge in [0.25, 0.3) is 0 Å². The van der Waals surface area contributed by atoms with E-state index in [-0.39, 0.29) is 23.8 Å². The van der Waals surface area contributed by atoms with Gasteiger partial charge in [0.2, 0.25) is 11.8 Å². The van der Waals surface area contributed by atoms with Crippen molar-refractivity contribution in [1.29, 1.82) is 0 Å². The summed E-state index contributed by atoms with van der Waals surface area (Å²) in [6.45, 7) is 1.81. The number of hydrogen-bond donors (Lipinski definition) is 2. The maximum absolute atomic E-state index is 12.4. The molecule has 0 aromatic carbocycles. The molecule has 6 nitrogen and oxygen atoms in total. The SMILES string of the molecule is CNC(=O)C1COCCN1C(=O)CC1(CN)CCC1.